The normalized spacial score (nSPS) is 15.4. The van der Waals surface area contributed by atoms with Crippen LogP contribution in [0.2, 0.25) is 0 Å². The van der Waals surface area contributed by atoms with Gasteiger partial charge in [-0.25, -0.2) is 0 Å². The van der Waals surface area contributed by atoms with Crippen LogP contribution in [0, 0.1) is 0 Å². The number of hydrogen-bond donors (Lipinski definition) is 2. The molecule has 0 fully saturated rings. The van der Waals surface area contributed by atoms with Crippen LogP contribution in [0.4, 0.5) is 0 Å². The Morgan fingerprint density at radius 3 is 2.29 bits per heavy atom. The molecule has 86 valence electrons. The van der Waals surface area contributed by atoms with Crippen molar-refractivity contribution in [1.82, 2.24) is 5.32 Å². The second kappa shape index (κ2) is 8.25. The van der Waals surface area contributed by atoms with Crippen molar-refractivity contribution in [3.05, 3.63) is 0 Å². The predicted octanol–water partition coefficient (Wildman–Crippen LogP) is 2.67. The van der Waals surface area contributed by atoms with Gasteiger partial charge in [0.25, 0.3) is 0 Å². The van der Waals surface area contributed by atoms with E-state index in [1.54, 1.807) is 0 Å². The largest absolute Gasteiger partial charge is 0.325 e. The second-order valence-electron chi connectivity index (χ2n) is 4.38. The second-order valence-corrected chi connectivity index (χ2v) is 4.38. The molecule has 0 amide bonds. The fourth-order valence-electron chi connectivity index (χ4n) is 1.76. The molecule has 2 heteroatoms. The minimum atomic E-state index is 0.0801. The topological polar surface area (TPSA) is 38.0 Å². The molecule has 0 heterocycles. The highest BCUT2D eigenvalue weighted by molar-refractivity contribution is 4.82. The Balaban J connectivity index is 3.63. The lowest BCUT2D eigenvalue weighted by molar-refractivity contribution is 0.336. The van der Waals surface area contributed by atoms with Crippen LogP contribution in [-0.2, 0) is 0 Å². The number of hydrogen-bond acceptors (Lipinski definition) is 2. The van der Waals surface area contributed by atoms with Crippen LogP contribution in [0.5, 0.6) is 0 Å². The van der Waals surface area contributed by atoms with Gasteiger partial charge in [-0.15, -0.1) is 0 Å². The van der Waals surface area contributed by atoms with Gasteiger partial charge in [-0.05, 0) is 32.9 Å². The molecule has 3 N–H and O–H groups in total. The molecule has 14 heavy (non-hydrogen) atoms. The zero-order chi connectivity index (χ0) is 10.9. The van der Waals surface area contributed by atoms with E-state index in [2.05, 4.69) is 19.2 Å². The third kappa shape index (κ3) is 6.39. The van der Waals surface area contributed by atoms with E-state index < -0.39 is 0 Å². The number of nitrogens with one attached hydrogen (secondary N) is 1. The molecule has 0 aromatic heterocycles. The molecule has 0 aliphatic heterocycles. The van der Waals surface area contributed by atoms with Crippen LogP contribution in [0.25, 0.3) is 0 Å². The third-order valence-electron chi connectivity index (χ3n) is 3.11. The fourth-order valence-corrected chi connectivity index (χ4v) is 1.76. The van der Waals surface area contributed by atoms with E-state index >= 15 is 0 Å². The first-order chi connectivity index (χ1) is 6.68. The van der Waals surface area contributed by atoms with Crippen LogP contribution in [0.1, 0.15) is 58.8 Å². The zero-order valence-corrected chi connectivity index (χ0v) is 10.2. The molecular weight excluding hydrogens is 172 g/mol. The van der Waals surface area contributed by atoms with Gasteiger partial charge in [-0.1, -0.05) is 39.5 Å². The van der Waals surface area contributed by atoms with E-state index in [4.69, 9.17) is 5.73 Å². The van der Waals surface area contributed by atoms with Gasteiger partial charge < -0.3 is 11.1 Å². The molecule has 0 spiro atoms. The number of nitrogens with two attached hydrogens (primary N) is 1. The minimum Gasteiger partial charge on any atom is -0.325 e. The lowest BCUT2D eigenvalue weighted by Crippen LogP contribution is -2.41. The van der Waals surface area contributed by atoms with Gasteiger partial charge in [-0.3, -0.25) is 0 Å². The third-order valence-corrected chi connectivity index (χ3v) is 3.11. The Hall–Kier alpha value is -0.0800. The maximum absolute atomic E-state index is 6.33. The lowest BCUT2D eigenvalue weighted by atomic mass is 9.87. The van der Waals surface area contributed by atoms with Gasteiger partial charge in [0.05, 0.1) is 0 Å². The van der Waals surface area contributed by atoms with Crippen molar-refractivity contribution in [2.24, 2.45) is 5.73 Å². The van der Waals surface area contributed by atoms with Crippen molar-refractivity contribution in [2.75, 3.05) is 13.6 Å². The smallest absolute Gasteiger partial charge is 0.0163 e. The molecule has 0 aliphatic rings. The number of unbranched alkanes of at least 4 members (excludes halogenated alkanes) is 3. The summed E-state index contributed by atoms with van der Waals surface area (Å²) in [5, 5.41) is 3.18. The zero-order valence-electron chi connectivity index (χ0n) is 10.2. The Bertz CT molecular complexity index is 125. The summed E-state index contributed by atoms with van der Waals surface area (Å²) in [6, 6.07) is 0. The molecule has 0 radical (unpaired) electrons. The van der Waals surface area contributed by atoms with Crippen molar-refractivity contribution in [2.45, 2.75) is 64.3 Å². The summed E-state index contributed by atoms with van der Waals surface area (Å²) in [7, 11) is 1.99. The van der Waals surface area contributed by atoms with E-state index in [1.165, 1.54) is 32.1 Å². The van der Waals surface area contributed by atoms with Crippen LogP contribution in [0.15, 0.2) is 0 Å². The standard InChI is InChI=1S/C12H28N2/c1-4-6-7-8-9-12(13,5-2)10-11-14-3/h14H,4-11,13H2,1-3H3. The minimum absolute atomic E-state index is 0.0801. The molecule has 0 aromatic rings. The summed E-state index contributed by atoms with van der Waals surface area (Å²) in [5.41, 5.74) is 6.41. The van der Waals surface area contributed by atoms with Crippen molar-refractivity contribution >= 4 is 0 Å². The van der Waals surface area contributed by atoms with Crippen molar-refractivity contribution < 1.29 is 0 Å². The highest BCUT2D eigenvalue weighted by Crippen LogP contribution is 2.19. The SMILES string of the molecule is CCCCCCC(N)(CC)CCNC. The van der Waals surface area contributed by atoms with Gasteiger partial charge in [0, 0.05) is 5.54 Å². The van der Waals surface area contributed by atoms with Gasteiger partial charge in [0.15, 0.2) is 0 Å². The average Bonchev–Trinajstić information content (AvgIpc) is 2.22. The fraction of sp³-hybridized carbons (Fsp3) is 1.00. The van der Waals surface area contributed by atoms with Crippen molar-refractivity contribution in [1.29, 1.82) is 0 Å². The first-order valence-electron chi connectivity index (χ1n) is 6.12. The quantitative estimate of drug-likeness (QED) is 0.562. The van der Waals surface area contributed by atoms with Gasteiger partial charge >= 0.3 is 0 Å². The van der Waals surface area contributed by atoms with E-state index in [0.717, 1.165) is 19.4 Å². The molecule has 0 bridgehead atoms. The highest BCUT2D eigenvalue weighted by Gasteiger charge is 2.20. The van der Waals surface area contributed by atoms with Crippen LogP contribution in [0.3, 0.4) is 0 Å². The first-order valence-corrected chi connectivity index (χ1v) is 6.12. The predicted molar refractivity (Wildman–Crippen MR) is 64.5 cm³/mol. The summed E-state index contributed by atoms with van der Waals surface area (Å²) in [4.78, 5) is 0. The lowest BCUT2D eigenvalue weighted by Gasteiger charge is -2.28. The number of rotatable bonds is 9. The molecule has 0 aromatic carbocycles. The maximum Gasteiger partial charge on any atom is 0.0163 e. The Labute approximate surface area is 89.6 Å². The molecule has 0 rings (SSSR count). The van der Waals surface area contributed by atoms with Crippen molar-refractivity contribution in [3.8, 4) is 0 Å². The summed E-state index contributed by atoms with van der Waals surface area (Å²) in [5.74, 6) is 0. The molecular formula is C12H28N2. The highest BCUT2D eigenvalue weighted by atomic mass is 14.8. The molecule has 1 unspecified atom stereocenters. The average molecular weight is 200 g/mol. The van der Waals surface area contributed by atoms with E-state index in [9.17, 15) is 0 Å². The summed E-state index contributed by atoms with van der Waals surface area (Å²) < 4.78 is 0. The van der Waals surface area contributed by atoms with Gasteiger partial charge in [0.2, 0.25) is 0 Å². The molecule has 1 atom stereocenters. The Kier molecular flexibility index (Phi) is 8.20. The van der Waals surface area contributed by atoms with Crippen molar-refractivity contribution in [3.63, 3.8) is 0 Å². The summed E-state index contributed by atoms with van der Waals surface area (Å²) in [6.07, 6.45) is 8.68. The molecule has 0 saturated heterocycles. The first kappa shape index (κ1) is 13.9. The molecule has 0 saturated carbocycles. The maximum atomic E-state index is 6.33. The van der Waals surface area contributed by atoms with Gasteiger partial charge in [-0.2, -0.15) is 0 Å². The Morgan fingerprint density at radius 2 is 1.79 bits per heavy atom. The van der Waals surface area contributed by atoms with E-state index in [-0.39, 0.29) is 5.54 Å². The van der Waals surface area contributed by atoms with Crippen LogP contribution < -0.4 is 11.1 Å². The van der Waals surface area contributed by atoms with Gasteiger partial charge in [0.1, 0.15) is 0 Å². The van der Waals surface area contributed by atoms with Crippen LogP contribution in [-0.4, -0.2) is 19.1 Å². The molecule has 0 aliphatic carbocycles. The van der Waals surface area contributed by atoms with E-state index in [1.807, 2.05) is 7.05 Å². The monoisotopic (exact) mass is 200 g/mol. The molecule has 2 nitrogen and oxygen atoms in total. The Morgan fingerprint density at radius 1 is 1.07 bits per heavy atom. The van der Waals surface area contributed by atoms with Crippen LogP contribution >= 0.6 is 0 Å². The van der Waals surface area contributed by atoms with E-state index in [0.29, 0.717) is 0 Å². The summed E-state index contributed by atoms with van der Waals surface area (Å²) in [6.45, 7) is 5.49. The summed E-state index contributed by atoms with van der Waals surface area (Å²) >= 11 is 0.